The molecule has 0 aliphatic rings. The van der Waals surface area contributed by atoms with Gasteiger partial charge in [0.1, 0.15) is 0 Å². The number of amides is 2. The van der Waals surface area contributed by atoms with Crippen molar-refractivity contribution in [2.24, 2.45) is 0 Å². The molecule has 0 aliphatic heterocycles. The summed E-state index contributed by atoms with van der Waals surface area (Å²) >= 11 is 0. The van der Waals surface area contributed by atoms with E-state index in [2.05, 4.69) is 5.32 Å². The minimum atomic E-state index is -1.56. The third kappa shape index (κ3) is 4.48. The molecule has 0 bridgehead atoms. The van der Waals surface area contributed by atoms with Crippen molar-refractivity contribution in [1.29, 1.82) is 0 Å². The van der Waals surface area contributed by atoms with Crippen LogP contribution in [0, 0.1) is 0 Å². The van der Waals surface area contributed by atoms with Crippen molar-refractivity contribution in [2.75, 3.05) is 13.1 Å². The number of carboxylic acids is 1. The SMILES string of the molecule is CCC(C)N(CC)C(=O)NCC(O)C(=O)O. The number of aliphatic hydroxyl groups excluding tert-OH is 1. The summed E-state index contributed by atoms with van der Waals surface area (Å²) < 4.78 is 0. The van der Waals surface area contributed by atoms with Gasteiger partial charge in [0.2, 0.25) is 0 Å². The Hall–Kier alpha value is -1.30. The minimum Gasteiger partial charge on any atom is -0.479 e. The molecule has 3 N–H and O–H groups in total. The third-order valence-corrected chi connectivity index (χ3v) is 2.46. The zero-order chi connectivity index (χ0) is 12.7. The van der Waals surface area contributed by atoms with Gasteiger partial charge in [0.05, 0.1) is 6.54 Å². The van der Waals surface area contributed by atoms with E-state index in [1.807, 2.05) is 20.8 Å². The largest absolute Gasteiger partial charge is 0.479 e. The molecule has 0 heterocycles. The number of hydrogen-bond acceptors (Lipinski definition) is 3. The van der Waals surface area contributed by atoms with Crippen molar-refractivity contribution in [3.05, 3.63) is 0 Å². The van der Waals surface area contributed by atoms with Gasteiger partial charge >= 0.3 is 12.0 Å². The van der Waals surface area contributed by atoms with E-state index in [4.69, 9.17) is 10.2 Å². The van der Waals surface area contributed by atoms with Crippen LogP contribution in [0.1, 0.15) is 27.2 Å². The molecule has 0 aliphatic carbocycles. The summed E-state index contributed by atoms with van der Waals surface area (Å²) in [6.45, 7) is 5.99. The van der Waals surface area contributed by atoms with Crippen LogP contribution < -0.4 is 5.32 Å². The lowest BCUT2D eigenvalue weighted by Gasteiger charge is -2.27. The summed E-state index contributed by atoms with van der Waals surface area (Å²) in [5, 5.41) is 19.8. The maximum Gasteiger partial charge on any atom is 0.334 e. The molecular weight excluding hydrogens is 212 g/mol. The Morgan fingerprint density at radius 3 is 2.31 bits per heavy atom. The lowest BCUT2D eigenvalue weighted by Crippen LogP contribution is -2.47. The monoisotopic (exact) mass is 232 g/mol. The highest BCUT2D eigenvalue weighted by Crippen LogP contribution is 2.02. The van der Waals surface area contributed by atoms with Gasteiger partial charge in [0.25, 0.3) is 0 Å². The van der Waals surface area contributed by atoms with Crippen LogP contribution in [0.4, 0.5) is 4.79 Å². The highest BCUT2D eigenvalue weighted by molar-refractivity contribution is 5.77. The average molecular weight is 232 g/mol. The molecule has 0 aromatic heterocycles. The maximum absolute atomic E-state index is 11.6. The molecule has 0 saturated heterocycles. The van der Waals surface area contributed by atoms with Gasteiger partial charge in [-0.1, -0.05) is 6.92 Å². The van der Waals surface area contributed by atoms with E-state index in [1.54, 1.807) is 4.90 Å². The summed E-state index contributed by atoms with van der Waals surface area (Å²) in [6, 6.07) is -0.260. The molecule has 0 rings (SSSR count). The van der Waals surface area contributed by atoms with Crippen LogP contribution >= 0.6 is 0 Å². The number of hydrogen-bond donors (Lipinski definition) is 3. The topological polar surface area (TPSA) is 89.9 Å². The third-order valence-electron chi connectivity index (χ3n) is 2.46. The number of carbonyl (C=O) groups excluding carboxylic acids is 1. The lowest BCUT2D eigenvalue weighted by molar-refractivity contribution is -0.146. The van der Waals surface area contributed by atoms with Crippen molar-refractivity contribution in [1.82, 2.24) is 10.2 Å². The molecule has 0 aromatic carbocycles. The van der Waals surface area contributed by atoms with Crippen LogP contribution in [0.5, 0.6) is 0 Å². The second kappa shape index (κ2) is 7.05. The van der Waals surface area contributed by atoms with Gasteiger partial charge in [0, 0.05) is 12.6 Å². The van der Waals surface area contributed by atoms with Gasteiger partial charge in [-0.15, -0.1) is 0 Å². The van der Waals surface area contributed by atoms with Crippen LogP contribution in [0.25, 0.3) is 0 Å². The maximum atomic E-state index is 11.6. The zero-order valence-electron chi connectivity index (χ0n) is 9.93. The molecule has 0 aromatic rings. The second-order valence-corrected chi connectivity index (χ2v) is 3.58. The van der Waals surface area contributed by atoms with Crippen LogP contribution in [-0.2, 0) is 4.79 Å². The van der Waals surface area contributed by atoms with Crippen molar-refractivity contribution in [3.63, 3.8) is 0 Å². The number of nitrogens with one attached hydrogen (secondary N) is 1. The summed E-state index contributed by atoms with van der Waals surface area (Å²) in [4.78, 5) is 23.5. The molecule has 0 spiro atoms. The van der Waals surface area contributed by atoms with E-state index in [0.29, 0.717) is 6.54 Å². The summed E-state index contributed by atoms with van der Waals surface area (Å²) in [5.74, 6) is -1.34. The Labute approximate surface area is 95.2 Å². The number of urea groups is 1. The van der Waals surface area contributed by atoms with Crippen LogP contribution in [0.3, 0.4) is 0 Å². The summed E-state index contributed by atoms with van der Waals surface area (Å²) in [7, 11) is 0. The fourth-order valence-corrected chi connectivity index (χ4v) is 1.25. The molecule has 2 amide bonds. The van der Waals surface area contributed by atoms with E-state index in [0.717, 1.165) is 6.42 Å². The number of carboxylic acid groups (broad SMARTS) is 1. The van der Waals surface area contributed by atoms with Crippen LogP contribution in [-0.4, -0.2) is 52.3 Å². The molecule has 6 nitrogen and oxygen atoms in total. The predicted octanol–water partition coefficient (Wildman–Crippen LogP) is 0.262. The molecule has 2 atom stereocenters. The number of carbonyl (C=O) groups is 2. The van der Waals surface area contributed by atoms with Crippen LogP contribution in [0.2, 0.25) is 0 Å². The Morgan fingerprint density at radius 1 is 1.38 bits per heavy atom. The van der Waals surface area contributed by atoms with Gasteiger partial charge in [-0.05, 0) is 20.3 Å². The number of aliphatic hydroxyl groups is 1. The van der Waals surface area contributed by atoms with E-state index >= 15 is 0 Å². The van der Waals surface area contributed by atoms with Crippen molar-refractivity contribution in [3.8, 4) is 0 Å². The molecule has 0 saturated carbocycles. The van der Waals surface area contributed by atoms with Gasteiger partial charge < -0.3 is 20.4 Å². The van der Waals surface area contributed by atoms with E-state index < -0.39 is 12.1 Å². The first-order valence-electron chi connectivity index (χ1n) is 5.39. The fourth-order valence-electron chi connectivity index (χ4n) is 1.25. The van der Waals surface area contributed by atoms with Crippen molar-refractivity contribution < 1.29 is 19.8 Å². The Kier molecular flexibility index (Phi) is 6.48. The molecule has 0 fully saturated rings. The Balaban J connectivity index is 4.17. The minimum absolute atomic E-state index is 0.0898. The summed E-state index contributed by atoms with van der Waals surface area (Å²) in [6.07, 6.45) is -0.734. The van der Waals surface area contributed by atoms with Crippen molar-refractivity contribution in [2.45, 2.75) is 39.3 Å². The first kappa shape index (κ1) is 14.7. The first-order valence-corrected chi connectivity index (χ1v) is 5.39. The smallest absolute Gasteiger partial charge is 0.334 e. The van der Waals surface area contributed by atoms with Gasteiger partial charge in [-0.2, -0.15) is 0 Å². The standard InChI is InChI=1S/C10H20N2O4/c1-4-7(3)12(5-2)10(16)11-6-8(13)9(14)15/h7-8,13H,4-6H2,1-3H3,(H,11,16)(H,14,15). The quantitative estimate of drug-likeness (QED) is 0.613. The van der Waals surface area contributed by atoms with E-state index in [1.165, 1.54) is 0 Å². The Morgan fingerprint density at radius 2 is 1.94 bits per heavy atom. The van der Waals surface area contributed by atoms with Gasteiger partial charge in [-0.25, -0.2) is 9.59 Å². The molecule has 2 unspecified atom stereocenters. The highest BCUT2D eigenvalue weighted by atomic mass is 16.4. The number of rotatable bonds is 6. The lowest BCUT2D eigenvalue weighted by atomic mass is 10.2. The second-order valence-electron chi connectivity index (χ2n) is 3.58. The van der Waals surface area contributed by atoms with Gasteiger partial charge in [0.15, 0.2) is 6.10 Å². The normalized spacial score (nSPS) is 14.0. The molecule has 16 heavy (non-hydrogen) atoms. The van der Waals surface area contributed by atoms with Crippen molar-refractivity contribution >= 4 is 12.0 Å². The first-order chi connectivity index (χ1) is 7.43. The van der Waals surface area contributed by atoms with Gasteiger partial charge in [-0.3, -0.25) is 0 Å². The van der Waals surface area contributed by atoms with E-state index in [-0.39, 0.29) is 18.6 Å². The summed E-state index contributed by atoms with van der Waals surface area (Å²) in [5.41, 5.74) is 0. The number of nitrogens with zero attached hydrogens (tertiary/aromatic N) is 1. The zero-order valence-corrected chi connectivity index (χ0v) is 9.93. The fraction of sp³-hybridized carbons (Fsp3) is 0.800. The number of aliphatic carboxylic acids is 1. The highest BCUT2D eigenvalue weighted by Gasteiger charge is 2.19. The molecule has 6 heteroatoms. The molecule has 0 radical (unpaired) electrons. The molecular formula is C10H20N2O4. The average Bonchev–Trinajstić information content (AvgIpc) is 2.26. The predicted molar refractivity (Wildman–Crippen MR) is 59.2 cm³/mol. The molecule has 94 valence electrons. The van der Waals surface area contributed by atoms with E-state index in [9.17, 15) is 9.59 Å². The Bertz CT molecular complexity index is 245. The van der Waals surface area contributed by atoms with Crippen LogP contribution in [0.15, 0.2) is 0 Å².